The third-order valence-corrected chi connectivity index (χ3v) is 4.96. The van der Waals surface area contributed by atoms with Crippen LogP contribution in [0.5, 0.6) is 5.75 Å². The van der Waals surface area contributed by atoms with Crippen LogP contribution in [0.2, 0.25) is 0 Å². The SMILES string of the molecule is COCCOCCOCCOC(=O)CC(=O)NCCNC(=O)CC(=O)OCCOc1ccc(C(=O)C(C)(C)O)cc1. The lowest BCUT2D eigenvalue weighted by atomic mass is 9.97. The van der Waals surface area contributed by atoms with E-state index in [2.05, 4.69) is 10.6 Å². The molecule has 0 saturated heterocycles. The van der Waals surface area contributed by atoms with Crippen LogP contribution in [0.1, 0.15) is 37.0 Å². The summed E-state index contributed by atoms with van der Waals surface area (Å²) in [7, 11) is 1.58. The Morgan fingerprint density at radius 1 is 0.707 bits per heavy atom. The Kier molecular flexibility index (Phi) is 17.6. The minimum Gasteiger partial charge on any atom is -0.490 e. The number of amides is 2. The number of Topliss-reactive ketones (excluding diaryl/α,β-unsaturated/α-hetero) is 1. The average molecular weight is 585 g/mol. The van der Waals surface area contributed by atoms with Gasteiger partial charge in [-0.15, -0.1) is 0 Å². The van der Waals surface area contributed by atoms with Crippen LogP contribution in [-0.2, 0) is 42.9 Å². The summed E-state index contributed by atoms with van der Waals surface area (Å²) in [5.41, 5.74) is -1.15. The highest BCUT2D eigenvalue weighted by molar-refractivity contribution is 6.01. The molecule has 0 aliphatic heterocycles. The monoisotopic (exact) mass is 584 g/mol. The van der Waals surface area contributed by atoms with E-state index in [0.29, 0.717) is 37.7 Å². The Morgan fingerprint density at radius 3 is 1.66 bits per heavy atom. The molecule has 2 amide bonds. The molecular formula is C27H40N2O12. The zero-order chi connectivity index (χ0) is 30.5. The zero-order valence-electron chi connectivity index (χ0n) is 23.7. The highest BCUT2D eigenvalue weighted by atomic mass is 16.6. The fraction of sp³-hybridized carbons (Fsp3) is 0.593. The summed E-state index contributed by atoms with van der Waals surface area (Å²) >= 11 is 0. The van der Waals surface area contributed by atoms with Crippen LogP contribution in [0.3, 0.4) is 0 Å². The van der Waals surface area contributed by atoms with Crippen molar-refractivity contribution in [3.8, 4) is 5.75 Å². The minimum absolute atomic E-state index is 0.00175. The van der Waals surface area contributed by atoms with Crippen LogP contribution in [0.25, 0.3) is 0 Å². The van der Waals surface area contributed by atoms with Gasteiger partial charge in [-0.1, -0.05) is 0 Å². The first kappa shape index (κ1) is 35.4. The molecule has 1 rings (SSSR count). The minimum atomic E-state index is -1.48. The van der Waals surface area contributed by atoms with Crippen LogP contribution < -0.4 is 15.4 Å². The predicted molar refractivity (Wildman–Crippen MR) is 143 cm³/mol. The number of aliphatic hydroxyl groups is 1. The number of nitrogens with one attached hydrogen (secondary N) is 2. The standard InChI is InChI=1S/C27H40N2O12/c1-27(2,35)26(34)20-4-6-21(7-5-20)39-16-17-41-25(33)19-23(31)29-9-8-28-22(30)18-24(32)40-15-14-38-13-12-37-11-10-36-3/h4-7,35H,8-19H2,1-3H3,(H,28,30)(H,29,31). The molecule has 0 radical (unpaired) electrons. The number of ketones is 1. The number of hydrogen-bond acceptors (Lipinski definition) is 12. The second-order valence-corrected chi connectivity index (χ2v) is 8.97. The molecule has 14 heteroatoms. The molecule has 230 valence electrons. The quantitative estimate of drug-likeness (QED) is 0.0707. The molecule has 3 N–H and O–H groups in total. The second kappa shape index (κ2) is 20.3. The summed E-state index contributed by atoms with van der Waals surface area (Å²) in [5.74, 6) is -2.63. The largest absolute Gasteiger partial charge is 0.490 e. The highest BCUT2D eigenvalue weighted by Gasteiger charge is 2.25. The van der Waals surface area contributed by atoms with Gasteiger partial charge in [0.05, 0.1) is 33.0 Å². The highest BCUT2D eigenvalue weighted by Crippen LogP contribution is 2.17. The van der Waals surface area contributed by atoms with Crippen molar-refractivity contribution in [1.82, 2.24) is 10.6 Å². The molecule has 0 aromatic heterocycles. The van der Waals surface area contributed by atoms with Gasteiger partial charge < -0.3 is 44.2 Å². The summed E-state index contributed by atoms with van der Waals surface area (Å²) in [4.78, 5) is 59.1. The van der Waals surface area contributed by atoms with E-state index in [1.165, 1.54) is 26.0 Å². The number of esters is 2. The summed E-state index contributed by atoms with van der Waals surface area (Å²) < 4.78 is 30.5. The van der Waals surface area contributed by atoms with Crippen molar-refractivity contribution < 1.29 is 57.5 Å². The van der Waals surface area contributed by atoms with Gasteiger partial charge in [0.15, 0.2) is 5.78 Å². The third-order valence-electron chi connectivity index (χ3n) is 4.96. The topological polar surface area (TPSA) is 185 Å². The van der Waals surface area contributed by atoms with E-state index in [9.17, 15) is 29.1 Å². The van der Waals surface area contributed by atoms with Crippen LogP contribution in [0.4, 0.5) is 0 Å². The van der Waals surface area contributed by atoms with Crippen molar-refractivity contribution in [3.63, 3.8) is 0 Å². The molecule has 0 bridgehead atoms. The van der Waals surface area contributed by atoms with Crippen LogP contribution in [0, 0.1) is 0 Å². The number of ether oxygens (including phenoxy) is 6. The van der Waals surface area contributed by atoms with Crippen molar-refractivity contribution in [1.29, 1.82) is 0 Å². The molecule has 41 heavy (non-hydrogen) atoms. The molecule has 14 nitrogen and oxygen atoms in total. The lowest BCUT2D eigenvalue weighted by molar-refractivity contribution is -0.149. The molecule has 0 aliphatic carbocycles. The normalized spacial score (nSPS) is 10.9. The first-order valence-electron chi connectivity index (χ1n) is 13.0. The Bertz CT molecular complexity index is 960. The lowest BCUT2D eigenvalue weighted by Gasteiger charge is -2.15. The molecule has 0 fully saturated rings. The van der Waals surface area contributed by atoms with Gasteiger partial charge in [0, 0.05) is 25.8 Å². The second-order valence-electron chi connectivity index (χ2n) is 8.97. The number of methoxy groups -OCH3 is 1. The number of rotatable bonds is 22. The van der Waals surface area contributed by atoms with Gasteiger partial charge in [-0.2, -0.15) is 0 Å². The van der Waals surface area contributed by atoms with Crippen LogP contribution in [0.15, 0.2) is 24.3 Å². The van der Waals surface area contributed by atoms with Crippen molar-refractivity contribution in [3.05, 3.63) is 29.8 Å². The van der Waals surface area contributed by atoms with E-state index in [-0.39, 0.29) is 39.5 Å². The van der Waals surface area contributed by atoms with E-state index < -0.39 is 48.0 Å². The maximum Gasteiger partial charge on any atom is 0.315 e. The molecule has 0 heterocycles. The van der Waals surface area contributed by atoms with Crippen molar-refractivity contribution in [2.75, 3.05) is 73.1 Å². The van der Waals surface area contributed by atoms with E-state index >= 15 is 0 Å². The van der Waals surface area contributed by atoms with E-state index in [0.717, 1.165) is 0 Å². The summed E-state index contributed by atoms with van der Waals surface area (Å²) in [6, 6.07) is 6.14. The van der Waals surface area contributed by atoms with E-state index in [1.807, 2.05) is 0 Å². The number of carbonyl (C=O) groups is 5. The Hall–Kier alpha value is -3.59. The van der Waals surface area contributed by atoms with Crippen molar-refractivity contribution >= 4 is 29.5 Å². The molecule has 0 saturated carbocycles. The van der Waals surface area contributed by atoms with Crippen LogP contribution >= 0.6 is 0 Å². The molecule has 0 atom stereocenters. The smallest absolute Gasteiger partial charge is 0.315 e. The molecule has 0 unspecified atom stereocenters. The molecule has 1 aromatic carbocycles. The molecule has 0 aliphatic rings. The van der Waals surface area contributed by atoms with Gasteiger partial charge >= 0.3 is 11.9 Å². The van der Waals surface area contributed by atoms with Gasteiger partial charge in [0.2, 0.25) is 11.8 Å². The average Bonchev–Trinajstić information content (AvgIpc) is 2.92. The van der Waals surface area contributed by atoms with Gasteiger partial charge in [-0.25, -0.2) is 0 Å². The molecule has 0 spiro atoms. The Morgan fingerprint density at radius 2 is 1.17 bits per heavy atom. The maximum atomic E-state index is 12.0. The molecular weight excluding hydrogens is 544 g/mol. The van der Waals surface area contributed by atoms with Crippen LogP contribution in [-0.4, -0.2) is 113 Å². The van der Waals surface area contributed by atoms with Gasteiger partial charge in [-0.3, -0.25) is 24.0 Å². The Balaban J connectivity index is 2.06. The number of benzene rings is 1. The summed E-state index contributed by atoms with van der Waals surface area (Å²) in [5, 5.41) is 14.7. The number of hydrogen-bond donors (Lipinski definition) is 3. The zero-order valence-corrected chi connectivity index (χ0v) is 23.7. The predicted octanol–water partition coefficient (Wildman–Crippen LogP) is -0.202. The third kappa shape index (κ3) is 17.7. The first-order chi connectivity index (χ1) is 19.5. The maximum absolute atomic E-state index is 12.0. The number of carbonyl (C=O) groups excluding carboxylic acids is 5. The first-order valence-corrected chi connectivity index (χ1v) is 13.0. The van der Waals surface area contributed by atoms with Gasteiger partial charge in [0.1, 0.15) is 44.0 Å². The Labute approximate surface area is 238 Å². The fourth-order valence-corrected chi connectivity index (χ4v) is 2.94. The van der Waals surface area contributed by atoms with Crippen molar-refractivity contribution in [2.45, 2.75) is 32.3 Å². The van der Waals surface area contributed by atoms with Gasteiger partial charge in [0.25, 0.3) is 0 Å². The summed E-state index contributed by atoms with van der Waals surface area (Å²) in [6.07, 6.45) is -0.999. The van der Waals surface area contributed by atoms with Gasteiger partial charge in [-0.05, 0) is 38.1 Å². The fourth-order valence-electron chi connectivity index (χ4n) is 2.94. The van der Waals surface area contributed by atoms with Crippen molar-refractivity contribution in [2.24, 2.45) is 0 Å². The summed E-state index contributed by atoms with van der Waals surface area (Å²) in [6.45, 7) is 4.68. The van der Waals surface area contributed by atoms with E-state index in [4.69, 9.17) is 28.4 Å². The van der Waals surface area contributed by atoms with E-state index in [1.54, 1.807) is 19.2 Å². The lowest BCUT2D eigenvalue weighted by Crippen LogP contribution is -2.36. The molecule has 1 aromatic rings.